The number of hydrogen-bond donors (Lipinski definition) is 0. The molecule has 0 saturated carbocycles. The van der Waals surface area contributed by atoms with Gasteiger partial charge in [-0.2, -0.15) is 5.26 Å². The van der Waals surface area contributed by atoms with Gasteiger partial charge in [0.1, 0.15) is 0 Å². The van der Waals surface area contributed by atoms with E-state index in [2.05, 4.69) is 6.07 Å². The molecular formula is C14H17ClN2O. The summed E-state index contributed by atoms with van der Waals surface area (Å²) in [5, 5.41) is 9.27. The Labute approximate surface area is 113 Å². The van der Waals surface area contributed by atoms with E-state index in [9.17, 15) is 4.79 Å². The number of likely N-dealkylation sites (N-methyl/N-ethyl adjacent to an activating group) is 1. The van der Waals surface area contributed by atoms with Gasteiger partial charge in [-0.3, -0.25) is 9.69 Å². The van der Waals surface area contributed by atoms with Crippen LogP contribution < -0.4 is 0 Å². The molecule has 18 heavy (non-hydrogen) atoms. The van der Waals surface area contributed by atoms with Crippen LogP contribution in [0, 0.1) is 17.2 Å². The predicted molar refractivity (Wildman–Crippen MR) is 72.7 cm³/mol. The van der Waals surface area contributed by atoms with E-state index in [1.807, 2.05) is 18.7 Å². The third kappa shape index (κ3) is 4.14. The zero-order valence-electron chi connectivity index (χ0n) is 10.7. The third-order valence-corrected chi connectivity index (χ3v) is 3.07. The van der Waals surface area contributed by atoms with E-state index >= 15 is 0 Å². The number of carbonyl (C=O) groups excluding carboxylic acids is 1. The van der Waals surface area contributed by atoms with Crippen molar-refractivity contribution in [3.63, 3.8) is 0 Å². The summed E-state index contributed by atoms with van der Waals surface area (Å²) in [4.78, 5) is 14.1. The number of carbonyl (C=O) groups is 1. The monoisotopic (exact) mass is 264 g/mol. The number of nitriles is 1. The highest BCUT2D eigenvalue weighted by atomic mass is 35.5. The van der Waals surface area contributed by atoms with E-state index in [4.69, 9.17) is 16.9 Å². The van der Waals surface area contributed by atoms with Gasteiger partial charge in [0.25, 0.3) is 0 Å². The van der Waals surface area contributed by atoms with Crippen LogP contribution in [0.15, 0.2) is 24.3 Å². The lowest BCUT2D eigenvalue weighted by Gasteiger charge is -2.20. The van der Waals surface area contributed by atoms with Crippen LogP contribution in [0.2, 0.25) is 5.02 Å². The molecule has 0 aliphatic heterocycles. The first-order valence-electron chi connectivity index (χ1n) is 5.98. The third-order valence-electron chi connectivity index (χ3n) is 2.74. The zero-order valence-corrected chi connectivity index (χ0v) is 11.4. The number of halogens is 1. The van der Waals surface area contributed by atoms with Crippen molar-refractivity contribution in [1.29, 1.82) is 5.26 Å². The summed E-state index contributed by atoms with van der Waals surface area (Å²) in [7, 11) is 0. The molecule has 0 aliphatic carbocycles. The first-order chi connectivity index (χ1) is 8.58. The second-order valence-electron chi connectivity index (χ2n) is 4.26. The maximum Gasteiger partial charge on any atom is 0.178 e. The molecule has 0 N–H and O–H groups in total. The summed E-state index contributed by atoms with van der Waals surface area (Å²) in [5.74, 6) is -0.0865. The topological polar surface area (TPSA) is 44.1 Å². The molecule has 96 valence electrons. The first-order valence-corrected chi connectivity index (χ1v) is 6.36. The minimum atomic E-state index is -0.0796. The molecule has 0 heterocycles. The average Bonchev–Trinajstić information content (AvgIpc) is 2.38. The lowest BCUT2D eigenvalue weighted by atomic mass is 10.1. The van der Waals surface area contributed by atoms with Gasteiger partial charge in [-0.1, -0.05) is 30.7 Å². The number of hydrogen-bond acceptors (Lipinski definition) is 3. The van der Waals surface area contributed by atoms with Crippen molar-refractivity contribution in [2.24, 2.45) is 5.92 Å². The van der Waals surface area contributed by atoms with Gasteiger partial charge in [0.2, 0.25) is 0 Å². The molecule has 1 aromatic carbocycles. The van der Waals surface area contributed by atoms with E-state index in [0.29, 0.717) is 23.7 Å². The molecule has 3 nitrogen and oxygen atoms in total. The van der Waals surface area contributed by atoms with Crippen LogP contribution >= 0.6 is 11.6 Å². The van der Waals surface area contributed by atoms with Gasteiger partial charge in [-0.15, -0.1) is 0 Å². The van der Waals surface area contributed by atoms with Gasteiger partial charge in [0.15, 0.2) is 5.78 Å². The summed E-state index contributed by atoms with van der Waals surface area (Å²) in [5.41, 5.74) is 0.544. The highest BCUT2D eigenvalue weighted by Crippen LogP contribution is 2.16. The van der Waals surface area contributed by atoms with Crippen LogP contribution in [0.4, 0.5) is 0 Å². The van der Waals surface area contributed by atoms with Gasteiger partial charge >= 0.3 is 0 Å². The van der Waals surface area contributed by atoms with Crippen molar-refractivity contribution < 1.29 is 4.79 Å². The van der Waals surface area contributed by atoms with Gasteiger partial charge in [-0.25, -0.2) is 0 Å². The van der Waals surface area contributed by atoms with Crippen LogP contribution in [-0.4, -0.2) is 30.3 Å². The number of nitrogens with zero attached hydrogens (tertiary/aromatic N) is 2. The van der Waals surface area contributed by atoms with Crippen LogP contribution in [0.5, 0.6) is 0 Å². The molecule has 0 spiro atoms. The number of rotatable bonds is 6. The van der Waals surface area contributed by atoms with Crippen molar-refractivity contribution in [2.45, 2.75) is 13.8 Å². The number of ketones is 1. The molecule has 1 unspecified atom stereocenters. The quantitative estimate of drug-likeness (QED) is 0.742. The smallest absolute Gasteiger partial charge is 0.178 e. The van der Waals surface area contributed by atoms with Crippen molar-refractivity contribution in [3.8, 4) is 6.07 Å². The fourth-order valence-electron chi connectivity index (χ4n) is 1.71. The Morgan fingerprint density at radius 3 is 2.72 bits per heavy atom. The number of benzene rings is 1. The highest BCUT2D eigenvalue weighted by Gasteiger charge is 2.15. The maximum atomic E-state index is 12.1. The summed E-state index contributed by atoms with van der Waals surface area (Å²) >= 11 is 5.99. The lowest BCUT2D eigenvalue weighted by molar-refractivity contribution is 0.0929. The van der Waals surface area contributed by atoms with E-state index in [1.165, 1.54) is 0 Å². The fraction of sp³-hybridized carbons (Fsp3) is 0.429. The molecule has 0 amide bonds. The summed E-state index contributed by atoms with van der Waals surface area (Å²) in [6, 6.07) is 9.21. The molecule has 4 heteroatoms. The Bertz CT molecular complexity index is 453. The van der Waals surface area contributed by atoms with E-state index in [0.717, 1.165) is 6.54 Å². The maximum absolute atomic E-state index is 12.1. The summed E-state index contributed by atoms with van der Waals surface area (Å²) < 4.78 is 0. The Morgan fingerprint density at radius 2 is 2.17 bits per heavy atom. The SMILES string of the molecule is CCN(CC(=O)c1ccccc1Cl)CC(C)C#N. The Morgan fingerprint density at radius 1 is 1.50 bits per heavy atom. The van der Waals surface area contributed by atoms with Crippen LogP contribution in [0.25, 0.3) is 0 Å². The van der Waals surface area contributed by atoms with Crippen molar-refractivity contribution in [3.05, 3.63) is 34.9 Å². The van der Waals surface area contributed by atoms with Crippen LogP contribution in [-0.2, 0) is 0 Å². The van der Waals surface area contributed by atoms with Gasteiger partial charge in [0.05, 0.1) is 23.6 Å². The standard InChI is InChI=1S/C14H17ClN2O/c1-3-17(9-11(2)8-16)10-14(18)12-6-4-5-7-13(12)15/h4-7,11H,3,9-10H2,1-2H3. The number of Topliss-reactive ketones (excluding diaryl/α,β-unsaturated/α-hetero) is 1. The fourth-order valence-corrected chi connectivity index (χ4v) is 1.95. The van der Waals surface area contributed by atoms with E-state index in [1.54, 1.807) is 24.3 Å². The van der Waals surface area contributed by atoms with Crippen molar-refractivity contribution in [2.75, 3.05) is 19.6 Å². The minimum Gasteiger partial charge on any atom is -0.295 e. The van der Waals surface area contributed by atoms with Crippen LogP contribution in [0.1, 0.15) is 24.2 Å². The minimum absolute atomic E-state index is 0.00686. The van der Waals surface area contributed by atoms with Gasteiger partial charge in [-0.05, 0) is 25.6 Å². The molecule has 0 bridgehead atoms. The van der Waals surface area contributed by atoms with Crippen molar-refractivity contribution >= 4 is 17.4 Å². The van der Waals surface area contributed by atoms with Crippen LogP contribution in [0.3, 0.4) is 0 Å². The van der Waals surface area contributed by atoms with E-state index in [-0.39, 0.29) is 11.7 Å². The first kappa shape index (κ1) is 14.7. The van der Waals surface area contributed by atoms with Gasteiger partial charge < -0.3 is 0 Å². The Hall–Kier alpha value is -1.37. The lowest BCUT2D eigenvalue weighted by Crippen LogP contribution is -2.33. The Kier molecular flexibility index (Phi) is 5.84. The zero-order chi connectivity index (χ0) is 13.5. The molecular weight excluding hydrogens is 248 g/mol. The molecule has 1 aromatic rings. The summed E-state index contributed by atoms with van der Waals surface area (Å²) in [6.07, 6.45) is 0. The van der Waals surface area contributed by atoms with E-state index < -0.39 is 0 Å². The second kappa shape index (κ2) is 7.15. The molecule has 1 atom stereocenters. The van der Waals surface area contributed by atoms with Gasteiger partial charge in [0, 0.05) is 12.1 Å². The average molecular weight is 265 g/mol. The highest BCUT2D eigenvalue weighted by molar-refractivity contribution is 6.34. The normalized spacial score (nSPS) is 12.2. The molecule has 1 rings (SSSR count). The van der Waals surface area contributed by atoms with Crippen molar-refractivity contribution in [1.82, 2.24) is 4.90 Å². The predicted octanol–water partition coefficient (Wildman–Crippen LogP) is 3.00. The largest absolute Gasteiger partial charge is 0.295 e. The molecule has 0 aliphatic rings. The molecule has 0 saturated heterocycles. The molecule has 0 fully saturated rings. The molecule has 0 aromatic heterocycles. The Balaban J connectivity index is 2.69. The molecule has 0 radical (unpaired) electrons. The second-order valence-corrected chi connectivity index (χ2v) is 4.67. The summed E-state index contributed by atoms with van der Waals surface area (Å²) in [6.45, 7) is 5.46.